The molecule has 0 bridgehead atoms. The number of carbonyl (C=O) groups is 1. The molecule has 30 heavy (non-hydrogen) atoms. The summed E-state index contributed by atoms with van der Waals surface area (Å²) in [6, 6.07) is 12.8. The van der Waals surface area contributed by atoms with E-state index in [1.54, 1.807) is 4.52 Å². The summed E-state index contributed by atoms with van der Waals surface area (Å²) in [5.74, 6) is 1.44. The van der Waals surface area contributed by atoms with Crippen molar-refractivity contribution in [2.75, 3.05) is 18.4 Å². The summed E-state index contributed by atoms with van der Waals surface area (Å²) >= 11 is 0. The van der Waals surface area contributed by atoms with Crippen LogP contribution in [0.2, 0.25) is 0 Å². The Bertz CT molecular complexity index is 1030. The number of benzene rings is 1. The number of nitrogens with one attached hydrogen (secondary N) is 1. The molecule has 5 rings (SSSR count). The number of nitrogens with zero attached hydrogens (tertiary/aromatic N) is 4. The molecule has 1 amide bonds. The van der Waals surface area contributed by atoms with Crippen molar-refractivity contribution in [1.29, 1.82) is 0 Å². The zero-order valence-electron chi connectivity index (χ0n) is 17.6. The Morgan fingerprint density at radius 1 is 1.17 bits per heavy atom. The Morgan fingerprint density at radius 3 is 2.70 bits per heavy atom. The number of hydrogen-bond acceptors (Lipinski definition) is 4. The van der Waals surface area contributed by atoms with E-state index in [1.807, 2.05) is 12.3 Å². The van der Waals surface area contributed by atoms with Crippen molar-refractivity contribution in [1.82, 2.24) is 19.5 Å². The third-order valence-electron chi connectivity index (χ3n) is 6.22. The summed E-state index contributed by atoms with van der Waals surface area (Å²) in [6.07, 6.45) is 7.82. The topological polar surface area (TPSA) is 62.5 Å². The summed E-state index contributed by atoms with van der Waals surface area (Å²) in [5.41, 5.74) is 4.24. The molecule has 1 aliphatic carbocycles. The van der Waals surface area contributed by atoms with Crippen LogP contribution in [0.25, 0.3) is 16.8 Å². The Labute approximate surface area is 177 Å². The predicted octanol–water partition coefficient (Wildman–Crippen LogP) is 4.37. The van der Waals surface area contributed by atoms with Crippen LogP contribution in [0.5, 0.6) is 0 Å². The molecular weight excluding hydrogens is 374 g/mol. The van der Waals surface area contributed by atoms with Crippen molar-refractivity contribution in [3.05, 3.63) is 48.2 Å². The number of amides is 1. The summed E-state index contributed by atoms with van der Waals surface area (Å²) in [6.45, 7) is 5.75. The van der Waals surface area contributed by atoms with E-state index in [9.17, 15) is 4.79 Å². The number of fused-ring (bicyclic) bond motifs is 1. The van der Waals surface area contributed by atoms with E-state index in [-0.39, 0.29) is 11.8 Å². The van der Waals surface area contributed by atoms with Crippen LogP contribution < -0.4 is 5.32 Å². The quantitative estimate of drug-likeness (QED) is 0.607. The minimum absolute atomic E-state index is 0.0275. The molecule has 0 spiro atoms. The first kappa shape index (κ1) is 19.2. The zero-order chi connectivity index (χ0) is 20.5. The Balaban J connectivity index is 1.27. The lowest BCUT2D eigenvalue weighted by atomic mass is 9.93. The minimum Gasteiger partial charge on any atom is -0.298 e. The van der Waals surface area contributed by atoms with E-state index in [0.29, 0.717) is 5.95 Å². The number of likely N-dealkylation sites (tertiary alicyclic amines) is 1. The van der Waals surface area contributed by atoms with Gasteiger partial charge in [-0.3, -0.25) is 15.0 Å². The van der Waals surface area contributed by atoms with Crippen LogP contribution in [-0.2, 0) is 11.3 Å². The fraction of sp³-hybridized carbons (Fsp3) is 0.458. The summed E-state index contributed by atoms with van der Waals surface area (Å²) < 4.78 is 1.74. The van der Waals surface area contributed by atoms with Gasteiger partial charge in [-0.25, -0.2) is 4.52 Å². The van der Waals surface area contributed by atoms with Crippen LogP contribution in [0.3, 0.4) is 0 Å². The predicted molar refractivity (Wildman–Crippen MR) is 118 cm³/mol. The van der Waals surface area contributed by atoms with Crippen molar-refractivity contribution in [2.45, 2.75) is 45.6 Å². The van der Waals surface area contributed by atoms with Gasteiger partial charge in [0.2, 0.25) is 11.9 Å². The maximum absolute atomic E-state index is 12.0. The molecule has 0 atom stereocenters. The van der Waals surface area contributed by atoms with Gasteiger partial charge in [0, 0.05) is 37.3 Å². The smallest absolute Gasteiger partial charge is 0.249 e. The van der Waals surface area contributed by atoms with Gasteiger partial charge < -0.3 is 0 Å². The third-order valence-corrected chi connectivity index (χ3v) is 6.22. The molecule has 2 fully saturated rings. The molecule has 3 heterocycles. The highest BCUT2D eigenvalue weighted by molar-refractivity contribution is 5.93. The van der Waals surface area contributed by atoms with E-state index in [4.69, 9.17) is 0 Å². The zero-order valence-corrected chi connectivity index (χ0v) is 17.6. The number of aromatic nitrogens is 3. The van der Waals surface area contributed by atoms with Gasteiger partial charge in [0.15, 0.2) is 5.65 Å². The first-order valence-electron chi connectivity index (χ1n) is 11.2. The van der Waals surface area contributed by atoms with E-state index >= 15 is 0 Å². The minimum atomic E-state index is 0.0275. The van der Waals surface area contributed by atoms with Crippen molar-refractivity contribution >= 4 is 17.5 Å². The van der Waals surface area contributed by atoms with Gasteiger partial charge >= 0.3 is 0 Å². The van der Waals surface area contributed by atoms with Gasteiger partial charge in [-0.1, -0.05) is 44.0 Å². The van der Waals surface area contributed by atoms with E-state index in [1.165, 1.54) is 37.9 Å². The highest BCUT2D eigenvalue weighted by Gasteiger charge is 2.30. The molecule has 6 heteroatoms. The van der Waals surface area contributed by atoms with Gasteiger partial charge in [0.05, 0.1) is 0 Å². The van der Waals surface area contributed by atoms with Gasteiger partial charge in [-0.05, 0) is 48.4 Å². The number of rotatable bonds is 8. The van der Waals surface area contributed by atoms with E-state index in [0.717, 1.165) is 42.1 Å². The molecule has 1 saturated heterocycles. The molecule has 0 unspecified atom stereocenters. The normalized spacial score (nSPS) is 17.2. The molecule has 1 saturated carbocycles. The van der Waals surface area contributed by atoms with Crippen molar-refractivity contribution in [3.8, 4) is 11.1 Å². The largest absolute Gasteiger partial charge is 0.298 e. The van der Waals surface area contributed by atoms with Crippen LogP contribution >= 0.6 is 0 Å². The number of pyridine rings is 1. The van der Waals surface area contributed by atoms with Gasteiger partial charge in [-0.15, -0.1) is 5.10 Å². The van der Waals surface area contributed by atoms with Gasteiger partial charge in [0.1, 0.15) is 0 Å². The van der Waals surface area contributed by atoms with E-state index < -0.39 is 0 Å². The van der Waals surface area contributed by atoms with Crippen molar-refractivity contribution in [3.63, 3.8) is 0 Å². The maximum Gasteiger partial charge on any atom is 0.249 e. The second kappa shape index (κ2) is 8.19. The van der Waals surface area contributed by atoms with Crippen LogP contribution in [0.4, 0.5) is 5.95 Å². The van der Waals surface area contributed by atoms with Crippen LogP contribution in [0.15, 0.2) is 42.6 Å². The second-order valence-corrected chi connectivity index (χ2v) is 8.79. The molecule has 0 radical (unpaired) electrons. The maximum atomic E-state index is 12.0. The van der Waals surface area contributed by atoms with Crippen molar-refractivity contribution in [2.24, 2.45) is 11.8 Å². The average Bonchev–Trinajstić information content (AvgIpc) is 3.50. The van der Waals surface area contributed by atoms with Crippen LogP contribution in [-0.4, -0.2) is 38.5 Å². The van der Waals surface area contributed by atoms with Crippen molar-refractivity contribution < 1.29 is 4.79 Å². The lowest BCUT2D eigenvalue weighted by Crippen LogP contribution is -2.45. The molecule has 6 nitrogen and oxygen atoms in total. The number of hydrogen-bond donors (Lipinski definition) is 1. The second-order valence-electron chi connectivity index (χ2n) is 8.79. The molecule has 1 aliphatic heterocycles. The highest BCUT2D eigenvalue weighted by Crippen LogP contribution is 2.30. The number of carbonyl (C=O) groups excluding carboxylic acids is 1. The molecular formula is C24H29N5O. The van der Waals surface area contributed by atoms with Gasteiger partial charge in [0.25, 0.3) is 0 Å². The summed E-state index contributed by atoms with van der Waals surface area (Å²) in [4.78, 5) is 19.1. The SMILES string of the molecule is CCCCC1CN(Cc2ccc(-c3cccn4nc(NC(=O)C5CC5)nc34)cc2)C1. The summed E-state index contributed by atoms with van der Waals surface area (Å²) in [7, 11) is 0. The lowest BCUT2D eigenvalue weighted by molar-refractivity contribution is -0.117. The molecule has 1 aromatic carbocycles. The molecule has 156 valence electrons. The Kier molecular flexibility index (Phi) is 5.25. The highest BCUT2D eigenvalue weighted by atomic mass is 16.2. The lowest BCUT2D eigenvalue weighted by Gasteiger charge is -2.39. The van der Waals surface area contributed by atoms with Gasteiger partial charge in [-0.2, -0.15) is 4.98 Å². The monoisotopic (exact) mass is 403 g/mol. The van der Waals surface area contributed by atoms with E-state index in [2.05, 4.69) is 57.6 Å². The average molecular weight is 404 g/mol. The first-order valence-corrected chi connectivity index (χ1v) is 11.2. The summed E-state index contributed by atoms with van der Waals surface area (Å²) in [5, 5.41) is 7.26. The fourth-order valence-corrected chi connectivity index (χ4v) is 4.27. The molecule has 2 aromatic heterocycles. The molecule has 3 aromatic rings. The molecule has 2 aliphatic rings. The first-order chi connectivity index (χ1) is 14.7. The Hall–Kier alpha value is -2.73. The number of anilines is 1. The van der Waals surface area contributed by atoms with Crippen LogP contribution in [0, 0.1) is 11.8 Å². The third kappa shape index (κ3) is 4.10. The fourth-order valence-electron chi connectivity index (χ4n) is 4.27. The Morgan fingerprint density at radius 2 is 1.97 bits per heavy atom. The molecule has 1 N–H and O–H groups in total. The standard InChI is InChI=1S/C24H29N5O/c1-2-3-5-18-15-28(16-18)14-17-7-9-19(10-8-17)21-6-4-13-29-22(21)25-24(27-29)26-23(30)20-11-12-20/h4,6-10,13,18,20H,2-3,5,11-12,14-16H2,1H3,(H,26,27,30). The van der Waals surface area contributed by atoms with Crippen LogP contribution in [0.1, 0.15) is 44.6 Å². The number of unbranched alkanes of at least 4 members (excludes halogenated alkanes) is 1.